The van der Waals surface area contributed by atoms with E-state index in [1.165, 1.54) is 12.1 Å². The van der Waals surface area contributed by atoms with Crippen molar-refractivity contribution in [3.63, 3.8) is 0 Å². The molecule has 4 heteroatoms. The van der Waals surface area contributed by atoms with E-state index < -0.39 is 0 Å². The van der Waals surface area contributed by atoms with Crippen LogP contribution in [-0.4, -0.2) is 22.4 Å². The third kappa shape index (κ3) is 3.48. The zero-order valence-corrected chi connectivity index (χ0v) is 14.6. The third-order valence-electron chi connectivity index (χ3n) is 4.59. The molecule has 0 aliphatic carbocycles. The summed E-state index contributed by atoms with van der Waals surface area (Å²) in [7, 11) is 1.77. The summed E-state index contributed by atoms with van der Waals surface area (Å²) < 4.78 is 15.1. The maximum absolute atomic E-state index is 13.1. The Bertz CT molecular complexity index is 869. The Kier molecular flexibility index (Phi) is 4.70. The Morgan fingerprint density at radius 2 is 1.72 bits per heavy atom. The summed E-state index contributed by atoms with van der Waals surface area (Å²) in [5, 5.41) is 0. The molecule has 1 unspecified atom stereocenters. The van der Waals surface area contributed by atoms with Gasteiger partial charge in [-0.2, -0.15) is 0 Å². The fourth-order valence-corrected chi connectivity index (χ4v) is 2.86. The SMILES string of the molecule is Cc1ccc(C(=O)N(C)C(C)c2ccc(F)cc2)cc1-n1cccc1. The van der Waals surface area contributed by atoms with E-state index in [1.54, 1.807) is 24.1 Å². The molecule has 0 saturated carbocycles. The average molecular weight is 336 g/mol. The number of benzene rings is 2. The number of aromatic nitrogens is 1. The number of carbonyl (C=O) groups is 1. The lowest BCUT2D eigenvalue weighted by Crippen LogP contribution is -2.29. The minimum absolute atomic E-state index is 0.0646. The Balaban J connectivity index is 1.87. The van der Waals surface area contributed by atoms with Crippen molar-refractivity contribution in [1.82, 2.24) is 9.47 Å². The van der Waals surface area contributed by atoms with Gasteiger partial charge in [0.15, 0.2) is 0 Å². The van der Waals surface area contributed by atoms with Crippen LogP contribution >= 0.6 is 0 Å². The van der Waals surface area contributed by atoms with Gasteiger partial charge < -0.3 is 9.47 Å². The normalized spacial score (nSPS) is 12.0. The molecule has 1 atom stereocenters. The lowest BCUT2D eigenvalue weighted by Gasteiger charge is -2.26. The number of aryl methyl sites for hydroxylation is 1. The highest BCUT2D eigenvalue weighted by molar-refractivity contribution is 5.95. The molecule has 3 rings (SSSR count). The largest absolute Gasteiger partial charge is 0.335 e. The van der Waals surface area contributed by atoms with Gasteiger partial charge in [0, 0.05) is 30.7 Å². The molecule has 0 aliphatic heterocycles. The molecule has 128 valence electrons. The summed E-state index contributed by atoms with van der Waals surface area (Å²) in [6.07, 6.45) is 3.92. The van der Waals surface area contributed by atoms with Crippen LogP contribution in [0.2, 0.25) is 0 Å². The second kappa shape index (κ2) is 6.93. The Morgan fingerprint density at radius 1 is 1.08 bits per heavy atom. The highest BCUT2D eigenvalue weighted by Gasteiger charge is 2.19. The second-order valence-electron chi connectivity index (χ2n) is 6.24. The van der Waals surface area contributed by atoms with Crippen LogP contribution in [0.5, 0.6) is 0 Å². The number of rotatable bonds is 4. The molecule has 0 bridgehead atoms. The monoisotopic (exact) mass is 336 g/mol. The molecule has 3 aromatic rings. The van der Waals surface area contributed by atoms with Crippen LogP contribution in [0, 0.1) is 12.7 Å². The van der Waals surface area contributed by atoms with Crippen LogP contribution in [0.3, 0.4) is 0 Å². The summed E-state index contributed by atoms with van der Waals surface area (Å²) >= 11 is 0. The lowest BCUT2D eigenvalue weighted by atomic mass is 10.0. The van der Waals surface area contributed by atoms with Crippen molar-refractivity contribution in [2.24, 2.45) is 0 Å². The molecule has 0 aliphatic rings. The predicted octanol–water partition coefficient (Wildman–Crippen LogP) is 4.76. The zero-order chi connectivity index (χ0) is 18.0. The first-order valence-corrected chi connectivity index (χ1v) is 8.24. The van der Waals surface area contributed by atoms with Crippen molar-refractivity contribution in [2.45, 2.75) is 19.9 Å². The molecular weight excluding hydrogens is 315 g/mol. The minimum atomic E-state index is -0.278. The molecule has 0 spiro atoms. The van der Waals surface area contributed by atoms with Gasteiger partial charge in [-0.1, -0.05) is 18.2 Å². The van der Waals surface area contributed by atoms with Crippen LogP contribution in [0.25, 0.3) is 5.69 Å². The van der Waals surface area contributed by atoms with Crippen LogP contribution < -0.4 is 0 Å². The first kappa shape index (κ1) is 17.0. The highest BCUT2D eigenvalue weighted by Crippen LogP contribution is 2.23. The maximum atomic E-state index is 13.1. The smallest absolute Gasteiger partial charge is 0.254 e. The Hall–Kier alpha value is -2.88. The first-order valence-electron chi connectivity index (χ1n) is 8.24. The molecule has 0 N–H and O–H groups in total. The number of halogens is 1. The summed E-state index contributed by atoms with van der Waals surface area (Å²) in [6.45, 7) is 3.96. The van der Waals surface area contributed by atoms with Crippen LogP contribution in [-0.2, 0) is 0 Å². The molecular formula is C21H21FN2O. The van der Waals surface area contributed by atoms with Gasteiger partial charge in [-0.3, -0.25) is 4.79 Å². The highest BCUT2D eigenvalue weighted by atomic mass is 19.1. The van der Waals surface area contributed by atoms with E-state index in [-0.39, 0.29) is 17.8 Å². The van der Waals surface area contributed by atoms with Gasteiger partial charge in [0.1, 0.15) is 5.82 Å². The van der Waals surface area contributed by atoms with Crippen molar-refractivity contribution in [3.8, 4) is 5.69 Å². The molecule has 2 aromatic carbocycles. The number of hydrogen-bond acceptors (Lipinski definition) is 1. The van der Waals surface area contributed by atoms with Crippen molar-refractivity contribution >= 4 is 5.91 Å². The van der Waals surface area contributed by atoms with E-state index in [4.69, 9.17) is 0 Å². The number of nitrogens with zero attached hydrogens (tertiary/aromatic N) is 2. The van der Waals surface area contributed by atoms with E-state index in [1.807, 2.05) is 61.1 Å². The minimum Gasteiger partial charge on any atom is -0.335 e. The molecule has 3 nitrogen and oxygen atoms in total. The Morgan fingerprint density at radius 3 is 2.36 bits per heavy atom. The number of hydrogen-bond donors (Lipinski definition) is 0. The predicted molar refractivity (Wildman–Crippen MR) is 97.4 cm³/mol. The second-order valence-corrected chi connectivity index (χ2v) is 6.24. The maximum Gasteiger partial charge on any atom is 0.254 e. The topological polar surface area (TPSA) is 25.2 Å². The number of amides is 1. The van der Waals surface area contributed by atoms with Gasteiger partial charge in [-0.05, 0) is 61.4 Å². The van der Waals surface area contributed by atoms with E-state index >= 15 is 0 Å². The van der Waals surface area contributed by atoms with E-state index in [0.717, 1.165) is 16.8 Å². The molecule has 0 fully saturated rings. The van der Waals surface area contributed by atoms with Crippen LogP contribution in [0.4, 0.5) is 4.39 Å². The van der Waals surface area contributed by atoms with Gasteiger partial charge in [0.05, 0.1) is 6.04 Å². The van der Waals surface area contributed by atoms with Crippen LogP contribution in [0.15, 0.2) is 67.0 Å². The Labute approximate surface area is 147 Å². The van der Waals surface area contributed by atoms with Gasteiger partial charge in [-0.15, -0.1) is 0 Å². The standard InChI is InChI=1S/C21H21FN2O/c1-15-6-7-18(14-20(15)24-12-4-5-13-24)21(25)23(3)16(2)17-8-10-19(22)11-9-17/h4-14,16H,1-3H3. The van der Waals surface area contributed by atoms with Crippen molar-refractivity contribution in [1.29, 1.82) is 0 Å². The van der Waals surface area contributed by atoms with Crippen molar-refractivity contribution < 1.29 is 9.18 Å². The molecule has 1 heterocycles. The van der Waals surface area contributed by atoms with Gasteiger partial charge in [0.2, 0.25) is 0 Å². The average Bonchev–Trinajstić information content (AvgIpc) is 3.15. The third-order valence-corrected chi connectivity index (χ3v) is 4.59. The summed E-state index contributed by atoms with van der Waals surface area (Å²) in [4.78, 5) is 14.6. The van der Waals surface area contributed by atoms with E-state index in [9.17, 15) is 9.18 Å². The van der Waals surface area contributed by atoms with Crippen LogP contribution in [0.1, 0.15) is 34.5 Å². The fraction of sp³-hybridized carbons (Fsp3) is 0.190. The quantitative estimate of drug-likeness (QED) is 0.674. The van der Waals surface area contributed by atoms with E-state index in [2.05, 4.69) is 0 Å². The van der Waals surface area contributed by atoms with Crippen molar-refractivity contribution in [3.05, 3.63) is 89.5 Å². The molecule has 0 saturated heterocycles. The molecule has 0 radical (unpaired) electrons. The first-order chi connectivity index (χ1) is 12.0. The molecule has 25 heavy (non-hydrogen) atoms. The van der Waals surface area contributed by atoms with Crippen molar-refractivity contribution in [2.75, 3.05) is 7.05 Å². The van der Waals surface area contributed by atoms with Gasteiger partial charge in [0.25, 0.3) is 5.91 Å². The van der Waals surface area contributed by atoms with Gasteiger partial charge >= 0.3 is 0 Å². The fourth-order valence-electron chi connectivity index (χ4n) is 2.86. The van der Waals surface area contributed by atoms with Gasteiger partial charge in [-0.25, -0.2) is 4.39 Å². The number of carbonyl (C=O) groups excluding carboxylic acids is 1. The summed E-state index contributed by atoms with van der Waals surface area (Å²) in [5.41, 5.74) is 3.61. The summed E-state index contributed by atoms with van der Waals surface area (Å²) in [5.74, 6) is -0.343. The zero-order valence-electron chi connectivity index (χ0n) is 14.6. The molecule has 1 aromatic heterocycles. The summed E-state index contributed by atoms with van der Waals surface area (Å²) in [6, 6.07) is 15.7. The molecule has 1 amide bonds. The lowest BCUT2D eigenvalue weighted by molar-refractivity contribution is 0.0742. The van der Waals surface area contributed by atoms with E-state index in [0.29, 0.717) is 5.56 Å².